The fourth-order valence-corrected chi connectivity index (χ4v) is 2.44. The number of hydrogen-bond donors (Lipinski definition) is 4. The van der Waals surface area contributed by atoms with Gasteiger partial charge in [-0.3, -0.25) is 15.6 Å². The fourth-order valence-electron chi connectivity index (χ4n) is 2.15. The van der Waals surface area contributed by atoms with Gasteiger partial charge in [0.15, 0.2) is 16.6 Å². The Morgan fingerprint density at radius 2 is 1.96 bits per heavy atom. The number of aromatic hydroxyl groups is 1. The Bertz CT molecular complexity index is 831. The molecule has 1 aliphatic rings. The Kier molecular flexibility index (Phi) is 5.11. The van der Waals surface area contributed by atoms with Crippen LogP contribution >= 0.6 is 23.8 Å². The van der Waals surface area contributed by atoms with E-state index in [2.05, 4.69) is 16.2 Å². The van der Waals surface area contributed by atoms with Crippen LogP contribution in [0.1, 0.15) is 15.9 Å². The first kappa shape index (κ1) is 17.1. The number of ether oxygens (including phenoxy) is 2. The van der Waals surface area contributed by atoms with Crippen molar-refractivity contribution >= 4 is 34.8 Å². The second-order valence-electron chi connectivity index (χ2n) is 5.11. The number of carbonyl (C=O) groups is 1. The molecule has 0 spiro atoms. The van der Waals surface area contributed by atoms with Gasteiger partial charge in [-0.05, 0) is 48.1 Å². The SMILES string of the molecule is O=C(NNC(=S)NCc1ccc2c(c1)OCO2)c1cc(Cl)ccc1O. The molecule has 0 aromatic heterocycles. The summed E-state index contributed by atoms with van der Waals surface area (Å²) in [6.45, 7) is 0.648. The van der Waals surface area contributed by atoms with Crippen LogP contribution in [-0.2, 0) is 6.54 Å². The van der Waals surface area contributed by atoms with Gasteiger partial charge in [0.25, 0.3) is 5.91 Å². The fraction of sp³-hybridized carbons (Fsp3) is 0.125. The lowest BCUT2D eigenvalue weighted by Gasteiger charge is -2.12. The van der Waals surface area contributed by atoms with Crippen LogP contribution in [0.15, 0.2) is 36.4 Å². The summed E-state index contributed by atoms with van der Waals surface area (Å²) in [6, 6.07) is 9.73. The summed E-state index contributed by atoms with van der Waals surface area (Å²) in [5, 5.41) is 13.2. The molecule has 130 valence electrons. The standard InChI is InChI=1S/C16H14ClN3O4S/c17-10-2-3-12(21)11(6-10)15(22)19-20-16(25)18-7-9-1-4-13-14(5-9)24-8-23-13/h1-6,21H,7-8H2,(H,19,22)(H2,18,20,25). The third-order valence-corrected chi connectivity index (χ3v) is 3.86. The van der Waals surface area contributed by atoms with Crippen molar-refractivity contribution in [3.8, 4) is 17.2 Å². The first-order valence-electron chi connectivity index (χ1n) is 7.24. The highest BCUT2D eigenvalue weighted by Crippen LogP contribution is 2.32. The molecule has 7 nitrogen and oxygen atoms in total. The summed E-state index contributed by atoms with van der Waals surface area (Å²) in [6.07, 6.45) is 0. The molecule has 0 saturated heterocycles. The van der Waals surface area contributed by atoms with Gasteiger partial charge in [-0.2, -0.15) is 0 Å². The monoisotopic (exact) mass is 379 g/mol. The van der Waals surface area contributed by atoms with Crippen LogP contribution in [0.5, 0.6) is 17.2 Å². The number of amides is 1. The van der Waals surface area contributed by atoms with E-state index in [4.69, 9.17) is 33.3 Å². The van der Waals surface area contributed by atoms with Crippen LogP contribution in [0.4, 0.5) is 0 Å². The van der Waals surface area contributed by atoms with Gasteiger partial charge >= 0.3 is 0 Å². The number of nitrogens with one attached hydrogen (secondary N) is 3. The molecule has 4 N–H and O–H groups in total. The van der Waals surface area contributed by atoms with E-state index in [0.29, 0.717) is 23.1 Å². The maximum absolute atomic E-state index is 12.0. The quantitative estimate of drug-likeness (QED) is 0.479. The van der Waals surface area contributed by atoms with E-state index >= 15 is 0 Å². The molecule has 0 fully saturated rings. The number of hydrazine groups is 1. The largest absolute Gasteiger partial charge is 0.507 e. The van der Waals surface area contributed by atoms with Crippen molar-refractivity contribution in [2.45, 2.75) is 6.54 Å². The highest BCUT2D eigenvalue weighted by atomic mass is 35.5. The van der Waals surface area contributed by atoms with Crippen LogP contribution < -0.4 is 25.6 Å². The number of benzene rings is 2. The molecule has 0 atom stereocenters. The first-order valence-corrected chi connectivity index (χ1v) is 8.03. The van der Waals surface area contributed by atoms with E-state index in [1.807, 2.05) is 18.2 Å². The Balaban J connectivity index is 1.49. The van der Waals surface area contributed by atoms with E-state index in [9.17, 15) is 9.90 Å². The lowest BCUT2D eigenvalue weighted by atomic mass is 10.2. The molecule has 1 amide bonds. The van der Waals surface area contributed by atoms with Crippen molar-refractivity contribution in [3.05, 3.63) is 52.5 Å². The molecule has 0 saturated carbocycles. The zero-order chi connectivity index (χ0) is 17.8. The van der Waals surface area contributed by atoms with Gasteiger partial charge in [0, 0.05) is 11.6 Å². The average molecular weight is 380 g/mol. The van der Waals surface area contributed by atoms with Gasteiger partial charge in [-0.1, -0.05) is 17.7 Å². The molecule has 9 heteroatoms. The smallest absolute Gasteiger partial charge is 0.273 e. The molecule has 1 heterocycles. The average Bonchev–Trinajstić information content (AvgIpc) is 3.07. The van der Waals surface area contributed by atoms with Crippen molar-refractivity contribution in [2.75, 3.05) is 6.79 Å². The van der Waals surface area contributed by atoms with Crippen molar-refractivity contribution in [1.29, 1.82) is 0 Å². The molecule has 0 radical (unpaired) electrons. The molecule has 0 unspecified atom stereocenters. The third kappa shape index (κ3) is 4.23. The van der Waals surface area contributed by atoms with Crippen LogP contribution in [0.25, 0.3) is 0 Å². The second kappa shape index (κ2) is 7.45. The summed E-state index contributed by atoms with van der Waals surface area (Å²) in [5.74, 6) is 0.649. The van der Waals surface area contributed by atoms with Gasteiger partial charge in [0.2, 0.25) is 6.79 Å². The molecule has 2 aromatic rings. The topological polar surface area (TPSA) is 91.9 Å². The summed E-state index contributed by atoms with van der Waals surface area (Å²) >= 11 is 10.9. The highest BCUT2D eigenvalue weighted by Gasteiger charge is 2.14. The number of phenols is 1. The Hall–Kier alpha value is -2.71. The van der Waals surface area contributed by atoms with Crippen LogP contribution in [0.3, 0.4) is 0 Å². The normalized spacial score (nSPS) is 11.7. The minimum Gasteiger partial charge on any atom is -0.507 e. The summed E-state index contributed by atoms with van der Waals surface area (Å²) < 4.78 is 10.6. The van der Waals surface area contributed by atoms with E-state index in [-0.39, 0.29) is 23.2 Å². The predicted molar refractivity (Wildman–Crippen MR) is 95.7 cm³/mol. The number of phenolic OH excluding ortho intramolecular Hbond substituents is 1. The van der Waals surface area contributed by atoms with E-state index in [0.717, 1.165) is 5.56 Å². The van der Waals surface area contributed by atoms with Gasteiger partial charge < -0.3 is 19.9 Å². The third-order valence-electron chi connectivity index (χ3n) is 3.38. The number of hydrogen-bond acceptors (Lipinski definition) is 5. The van der Waals surface area contributed by atoms with E-state index in [1.165, 1.54) is 18.2 Å². The molecule has 0 bridgehead atoms. The Labute approximate surface area is 153 Å². The van der Waals surface area contributed by atoms with E-state index in [1.54, 1.807) is 0 Å². The molecule has 2 aromatic carbocycles. The van der Waals surface area contributed by atoms with Crippen molar-refractivity contribution < 1.29 is 19.4 Å². The molecule has 0 aliphatic carbocycles. The number of thiocarbonyl (C=S) groups is 1. The molecular weight excluding hydrogens is 366 g/mol. The van der Waals surface area contributed by atoms with Gasteiger partial charge in [0.1, 0.15) is 5.75 Å². The number of rotatable bonds is 3. The molecular formula is C16H14ClN3O4S. The molecule has 3 rings (SSSR count). The molecule has 25 heavy (non-hydrogen) atoms. The van der Waals surface area contributed by atoms with E-state index < -0.39 is 5.91 Å². The van der Waals surface area contributed by atoms with Gasteiger partial charge in [-0.25, -0.2) is 0 Å². The maximum atomic E-state index is 12.0. The Morgan fingerprint density at radius 1 is 1.16 bits per heavy atom. The van der Waals surface area contributed by atoms with Crippen LogP contribution in [0.2, 0.25) is 5.02 Å². The van der Waals surface area contributed by atoms with Gasteiger partial charge in [-0.15, -0.1) is 0 Å². The summed E-state index contributed by atoms with van der Waals surface area (Å²) in [5.41, 5.74) is 5.93. The second-order valence-corrected chi connectivity index (χ2v) is 5.96. The predicted octanol–water partition coefficient (Wildman–Crippen LogP) is 2.08. The zero-order valence-corrected chi connectivity index (χ0v) is 14.4. The number of halogens is 1. The van der Waals surface area contributed by atoms with Crippen LogP contribution in [-0.4, -0.2) is 22.9 Å². The lowest BCUT2D eigenvalue weighted by molar-refractivity contribution is 0.0941. The molecule has 1 aliphatic heterocycles. The first-order chi connectivity index (χ1) is 12.0. The number of fused-ring (bicyclic) bond motifs is 1. The van der Waals surface area contributed by atoms with Crippen molar-refractivity contribution in [1.82, 2.24) is 16.2 Å². The maximum Gasteiger partial charge on any atom is 0.273 e. The highest BCUT2D eigenvalue weighted by molar-refractivity contribution is 7.80. The van der Waals surface area contributed by atoms with Crippen molar-refractivity contribution in [2.24, 2.45) is 0 Å². The Morgan fingerprint density at radius 3 is 2.80 bits per heavy atom. The minimum absolute atomic E-state index is 0.0403. The van der Waals surface area contributed by atoms with Crippen LogP contribution in [0, 0.1) is 0 Å². The summed E-state index contributed by atoms with van der Waals surface area (Å²) in [4.78, 5) is 12.0. The van der Waals surface area contributed by atoms with Gasteiger partial charge in [0.05, 0.1) is 5.56 Å². The zero-order valence-electron chi connectivity index (χ0n) is 12.8. The minimum atomic E-state index is -0.563. The summed E-state index contributed by atoms with van der Waals surface area (Å²) in [7, 11) is 0. The van der Waals surface area contributed by atoms with Crippen molar-refractivity contribution in [3.63, 3.8) is 0 Å². The lowest BCUT2D eigenvalue weighted by Crippen LogP contribution is -2.46. The number of carbonyl (C=O) groups excluding carboxylic acids is 1.